The normalized spacial score (nSPS) is 10.3. The molecule has 1 aromatic rings. The summed E-state index contributed by atoms with van der Waals surface area (Å²) >= 11 is 0. The molecule has 1 aromatic carbocycles. The molecule has 0 atom stereocenters. The lowest BCUT2D eigenvalue weighted by atomic mass is 10.3. The van der Waals surface area contributed by atoms with Crippen LogP contribution in [0.1, 0.15) is 8.29 Å². The fourth-order valence-electron chi connectivity index (χ4n) is 0.661. The van der Waals surface area contributed by atoms with Crippen LogP contribution in [0.2, 0.25) is 0 Å². The highest BCUT2D eigenvalue weighted by molar-refractivity contribution is 5.88. The van der Waals surface area contributed by atoms with Crippen LogP contribution >= 0.6 is 0 Å². The van der Waals surface area contributed by atoms with E-state index in [4.69, 9.17) is 1.37 Å². The molecule has 2 nitrogen and oxygen atoms in total. The predicted molar refractivity (Wildman–Crippen MR) is 40.7 cm³/mol. The summed E-state index contributed by atoms with van der Waals surface area (Å²) in [6.07, 6.45) is 0. The third-order valence-corrected chi connectivity index (χ3v) is 1.02. The van der Waals surface area contributed by atoms with Crippen molar-refractivity contribution in [1.82, 2.24) is 0 Å². The van der Waals surface area contributed by atoms with Crippen molar-refractivity contribution in [3.63, 3.8) is 0 Å². The van der Waals surface area contributed by atoms with Gasteiger partial charge in [-0.15, -0.1) is 0 Å². The monoisotopic (exact) mass is 137 g/mol. The Morgan fingerprint density at radius 2 is 2.40 bits per heavy atom. The predicted octanol–water partition coefficient (Wildman–Crippen LogP) is 1.64. The van der Waals surface area contributed by atoms with Crippen molar-refractivity contribution < 1.29 is 6.17 Å². The number of carbonyl (C=O) groups excluding carboxylic acids is 1. The van der Waals surface area contributed by atoms with E-state index in [0.717, 1.165) is 0 Å². The Labute approximate surface area is 61.3 Å². The SMILES string of the molecule is [3H]c1ccccc1NC(C)=O. The molecule has 0 bridgehead atoms. The highest BCUT2D eigenvalue weighted by Gasteiger charge is 1.90. The molecule has 0 aliphatic heterocycles. The molecule has 0 heterocycles. The minimum Gasteiger partial charge on any atom is -0.326 e. The number of hydrogen-bond donors (Lipinski definition) is 1. The summed E-state index contributed by atoms with van der Waals surface area (Å²) in [6, 6.07) is 7.20. The average molecular weight is 137 g/mol. The molecule has 0 saturated carbocycles. The molecular weight excluding hydrogens is 126 g/mol. The lowest BCUT2D eigenvalue weighted by Crippen LogP contribution is -2.04. The summed E-state index contributed by atoms with van der Waals surface area (Å²) in [4.78, 5) is 10.6. The summed E-state index contributed by atoms with van der Waals surface area (Å²) in [5.74, 6) is -0.148. The van der Waals surface area contributed by atoms with Gasteiger partial charge in [-0.2, -0.15) is 0 Å². The second kappa shape index (κ2) is 3.01. The van der Waals surface area contributed by atoms with Gasteiger partial charge in [-0.05, 0) is 12.1 Å². The number of para-hydroxylation sites is 1. The number of hydrogen-bond acceptors (Lipinski definition) is 1. The molecule has 10 heavy (non-hydrogen) atoms. The zero-order valence-corrected chi connectivity index (χ0v) is 5.72. The molecule has 0 spiro atoms. The first kappa shape index (κ1) is 5.47. The smallest absolute Gasteiger partial charge is 0.221 e. The maximum atomic E-state index is 10.6. The Bertz CT molecular complexity index is 273. The topological polar surface area (TPSA) is 29.1 Å². The number of anilines is 1. The van der Waals surface area contributed by atoms with E-state index in [2.05, 4.69) is 5.32 Å². The molecule has 0 aromatic heterocycles. The minimum absolute atomic E-state index is 0.148. The molecule has 52 valence electrons. The average Bonchev–Trinajstić information content (AvgIpc) is 1.93. The molecular formula is C8H9NO. The van der Waals surface area contributed by atoms with Gasteiger partial charge in [-0.25, -0.2) is 0 Å². The zero-order chi connectivity index (χ0) is 8.27. The second-order valence-electron chi connectivity index (χ2n) is 1.96. The van der Waals surface area contributed by atoms with Gasteiger partial charge in [0.15, 0.2) is 0 Å². The lowest BCUT2D eigenvalue weighted by Gasteiger charge is -1.98. The van der Waals surface area contributed by atoms with Gasteiger partial charge >= 0.3 is 0 Å². The highest BCUT2D eigenvalue weighted by Crippen LogP contribution is 2.03. The molecule has 1 N–H and O–H groups in total. The second-order valence-corrected chi connectivity index (χ2v) is 1.96. The standard InChI is InChI=1S/C8H9NO/c1-7(10)9-8-5-3-2-4-6-8/h2-6H,1H3,(H,9,10)/i5T. The van der Waals surface area contributed by atoms with Gasteiger partial charge in [-0.1, -0.05) is 18.2 Å². The molecule has 2 heteroatoms. The summed E-state index contributed by atoms with van der Waals surface area (Å²) in [7, 11) is 0. The van der Waals surface area contributed by atoms with E-state index in [1.54, 1.807) is 24.3 Å². The van der Waals surface area contributed by atoms with Gasteiger partial charge in [-0.3, -0.25) is 4.79 Å². The molecule has 0 saturated heterocycles. The van der Waals surface area contributed by atoms with Crippen molar-refractivity contribution in [2.75, 3.05) is 5.32 Å². The van der Waals surface area contributed by atoms with Crippen molar-refractivity contribution in [1.29, 1.82) is 0 Å². The van der Waals surface area contributed by atoms with Crippen LogP contribution in [-0.2, 0) is 4.79 Å². The van der Waals surface area contributed by atoms with E-state index in [9.17, 15) is 4.79 Å². The first-order chi connectivity index (χ1) is 5.20. The van der Waals surface area contributed by atoms with E-state index in [1.807, 2.05) is 0 Å². The maximum Gasteiger partial charge on any atom is 0.221 e. The van der Waals surface area contributed by atoms with Crippen LogP contribution in [0.25, 0.3) is 0 Å². The largest absolute Gasteiger partial charge is 0.326 e. The fourth-order valence-corrected chi connectivity index (χ4v) is 0.661. The molecule has 0 fully saturated rings. The summed E-state index contributed by atoms with van der Waals surface area (Å²) in [5.41, 5.74) is 0.556. The molecule has 0 radical (unpaired) electrons. The fraction of sp³-hybridized carbons (Fsp3) is 0.125. The summed E-state index contributed by atoms with van der Waals surface area (Å²) in [6.45, 7) is 1.42. The number of benzene rings is 1. The number of nitrogens with one attached hydrogen (secondary N) is 1. The first-order valence-corrected chi connectivity index (χ1v) is 3.03. The molecule has 1 rings (SSSR count). The van der Waals surface area contributed by atoms with E-state index in [-0.39, 0.29) is 5.91 Å². The van der Waals surface area contributed by atoms with Crippen LogP contribution < -0.4 is 5.32 Å². The molecule has 1 amide bonds. The number of rotatable bonds is 1. The Hall–Kier alpha value is -1.31. The Balaban J connectivity index is 2.86. The van der Waals surface area contributed by atoms with Crippen molar-refractivity contribution in [3.05, 3.63) is 30.3 Å². The van der Waals surface area contributed by atoms with Gasteiger partial charge < -0.3 is 5.32 Å². The Kier molecular flexibility index (Phi) is 1.65. The van der Waals surface area contributed by atoms with Crippen molar-refractivity contribution in [3.8, 4) is 0 Å². The van der Waals surface area contributed by atoms with Crippen LogP contribution in [0.5, 0.6) is 0 Å². The third kappa shape index (κ3) is 1.90. The Morgan fingerprint density at radius 1 is 1.60 bits per heavy atom. The maximum absolute atomic E-state index is 10.6. The van der Waals surface area contributed by atoms with Crippen LogP contribution in [0, 0.1) is 0 Å². The van der Waals surface area contributed by atoms with Crippen molar-refractivity contribution in [2.24, 2.45) is 0 Å². The first-order valence-electron chi connectivity index (χ1n) is 3.53. The van der Waals surface area contributed by atoms with Crippen LogP contribution in [0.3, 0.4) is 0 Å². The molecule has 0 aliphatic rings. The van der Waals surface area contributed by atoms with Gasteiger partial charge in [0.25, 0.3) is 0 Å². The minimum atomic E-state index is -0.148. The van der Waals surface area contributed by atoms with Crippen LogP contribution in [-0.4, -0.2) is 5.91 Å². The number of carbonyl (C=O) groups is 1. The van der Waals surface area contributed by atoms with Crippen molar-refractivity contribution in [2.45, 2.75) is 6.92 Å². The van der Waals surface area contributed by atoms with Gasteiger partial charge in [0, 0.05) is 12.6 Å². The highest BCUT2D eigenvalue weighted by atomic mass is 16.1. The lowest BCUT2D eigenvalue weighted by molar-refractivity contribution is -0.114. The van der Waals surface area contributed by atoms with Gasteiger partial charge in [0.05, 0.1) is 1.37 Å². The molecule has 0 aliphatic carbocycles. The quantitative estimate of drug-likeness (QED) is 0.626. The van der Waals surface area contributed by atoms with E-state index in [1.165, 1.54) is 6.92 Å². The zero-order valence-electron chi connectivity index (χ0n) is 6.72. The third-order valence-electron chi connectivity index (χ3n) is 1.02. The van der Waals surface area contributed by atoms with Crippen LogP contribution in [0.15, 0.2) is 30.3 Å². The number of amides is 1. The summed E-state index contributed by atoms with van der Waals surface area (Å²) in [5, 5.41) is 2.55. The van der Waals surface area contributed by atoms with E-state index >= 15 is 0 Å². The van der Waals surface area contributed by atoms with Crippen molar-refractivity contribution >= 4 is 11.6 Å². The van der Waals surface area contributed by atoms with E-state index < -0.39 is 0 Å². The molecule has 0 unspecified atom stereocenters. The van der Waals surface area contributed by atoms with Crippen LogP contribution in [0.4, 0.5) is 5.69 Å². The van der Waals surface area contributed by atoms with Gasteiger partial charge in [0.2, 0.25) is 5.91 Å². The van der Waals surface area contributed by atoms with Gasteiger partial charge in [0.1, 0.15) is 0 Å². The van der Waals surface area contributed by atoms with E-state index in [0.29, 0.717) is 11.7 Å². The Morgan fingerprint density at radius 3 is 3.00 bits per heavy atom. The summed E-state index contributed by atoms with van der Waals surface area (Å²) < 4.78 is 7.35.